The Morgan fingerprint density at radius 3 is 2.25 bits per heavy atom. The zero-order valence-corrected chi connectivity index (χ0v) is 18.6. The highest BCUT2D eigenvalue weighted by Gasteiger charge is 2.37. The number of rotatable bonds is 4. The normalized spacial score (nSPS) is 15.3. The number of carbonyl (C=O) groups is 3. The minimum Gasteiger partial charge on any atom is -0.497 e. The fraction of sp³-hybridized carbons (Fsp3) is 0.0870. The summed E-state index contributed by atoms with van der Waals surface area (Å²) in [6.45, 7) is 1.90. The Hall–Kier alpha value is -3.55. The Labute approximate surface area is 193 Å². The lowest BCUT2D eigenvalue weighted by molar-refractivity contribution is -0.122. The van der Waals surface area contributed by atoms with Crippen molar-refractivity contribution in [1.82, 2.24) is 9.88 Å². The molecule has 0 radical (unpaired) electrons. The largest absolute Gasteiger partial charge is 0.497 e. The van der Waals surface area contributed by atoms with E-state index >= 15 is 0 Å². The molecule has 2 heterocycles. The molecule has 4 rings (SSSR count). The summed E-state index contributed by atoms with van der Waals surface area (Å²) >= 11 is 12.0. The molecule has 162 valence electrons. The van der Waals surface area contributed by atoms with E-state index in [9.17, 15) is 14.4 Å². The Morgan fingerprint density at radius 2 is 1.59 bits per heavy atom. The number of urea groups is 1. The summed E-state index contributed by atoms with van der Waals surface area (Å²) in [6.07, 6.45) is 1.45. The van der Waals surface area contributed by atoms with Crippen molar-refractivity contribution in [2.75, 3.05) is 12.0 Å². The van der Waals surface area contributed by atoms with E-state index in [0.29, 0.717) is 11.4 Å². The molecule has 0 saturated carbocycles. The zero-order chi connectivity index (χ0) is 23.0. The van der Waals surface area contributed by atoms with Gasteiger partial charge in [-0.3, -0.25) is 14.9 Å². The van der Waals surface area contributed by atoms with Crippen LogP contribution in [0.4, 0.5) is 10.5 Å². The summed E-state index contributed by atoms with van der Waals surface area (Å²) in [5.74, 6) is -0.843. The second-order valence-corrected chi connectivity index (χ2v) is 7.80. The number of methoxy groups -OCH3 is 1. The first-order chi connectivity index (χ1) is 15.3. The number of aryl methyl sites for hydroxylation is 1. The molecule has 0 spiro atoms. The molecule has 2 aromatic carbocycles. The molecule has 1 aliphatic rings. The molecule has 0 unspecified atom stereocenters. The van der Waals surface area contributed by atoms with Crippen LogP contribution in [0.15, 0.2) is 60.2 Å². The number of amides is 4. The summed E-state index contributed by atoms with van der Waals surface area (Å²) in [5, 5.41) is 2.66. The molecule has 1 fully saturated rings. The minimum atomic E-state index is -0.864. The van der Waals surface area contributed by atoms with Crippen LogP contribution >= 0.6 is 23.2 Å². The molecule has 3 aromatic rings. The lowest BCUT2D eigenvalue weighted by atomic mass is 10.1. The molecule has 0 atom stereocenters. The molecular weight excluding hydrogens is 453 g/mol. The third-order valence-electron chi connectivity index (χ3n) is 4.99. The standard InChI is InChI=1S/C23H17Cl2N3O4/c1-13-3-4-15(27(13)14-5-8-17(32-2)9-6-14)11-18-21(29)26-23(31)28(22(18)30)16-7-10-19(24)20(25)12-16/h3-12H,1-2H3,(H,26,29,31)/b18-11+. The number of nitrogens with zero attached hydrogens (tertiary/aromatic N) is 2. The molecule has 0 bridgehead atoms. The Morgan fingerprint density at radius 1 is 0.906 bits per heavy atom. The maximum absolute atomic E-state index is 13.2. The first kappa shape index (κ1) is 21.7. The monoisotopic (exact) mass is 469 g/mol. The number of aromatic nitrogens is 1. The van der Waals surface area contributed by atoms with Crippen LogP contribution in [0.2, 0.25) is 10.0 Å². The van der Waals surface area contributed by atoms with E-state index in [1.807, 2.05) is 41.8 Å². The molecule has 1 saturated heterocycles. The summed E-state index contributed by atoms with van der Waals surface area (Å²) in [5.41, 5.74) is 2.31. The Kier molecular flexibility index (Phi) is 5.78. The maximum Gasteiger partial charge on any atom is 0.335 e. The third-order valence-corrected chi connectivity index (χ3v) is 5.73. The van der Waals surface area contributed by atoms with E-state index in [1.54, 1.807) is 13.2 Å². The van der Waals surface area contributed by atoms with Crippen LogP contribution in [0.25, 0.3) is 11.8 Å². The SMILES string of the molecule is COc1ccc(-n2c(C)ccc2/C=C2\C(=O)NC(=O)N(c3ccc(Cl)c(Cl)c3)C2=O)cc1. The zero-order valence-electron chi connectivity index (χ0n) is 17.1. The number of nitrogens with one attached hydrogen (secondary N) is 1. The number of benzene rings is 2. The number of ether oxygens (including phenoxy) is 1. The Bertz CT molecular complexity index is 1280. The molecule has 4 amide bonds. The van der Waals surface area contributed by atoms with E-state index in [4.69, 9.17) is 27.9 Å². The predicted octanol–water partition coefficient (Wildman–Crippen LogP) is 4.77. The maximum atomic E-state index is 13.2. The quantitative estimate of drug-likeness (QED) is 0.440. The lowest BCUT2D eigenvalue weighted by Gasteiger charge is -2.26. The van der Waals surface area contributed by atoms with Crippen molar-refractivity contribution in [2.45, 2.75) is 6.92 Å². The van der Waals surface area contributed by atoms with Gasteiger partial charge in [-0.05, 0) is 67.6 Å². The second kappa shape index (κ2) is 8.53. The van der Waals surface area contributed by atoms with Crippen molar-refractivity contribution in [3.63, 3.8) is 0 Å². The van der Waals surface area contributed by atoms with Crippen LogP contribution in [0.5, 0.6) is 5.75 Å². The number of hydrogen-bond acceptors (Lipinski definition) is 4. The van der Waals surface area contributed by atoms with Gasteiger partial charge in [0, 0.05) is 17.1 Å². The molecule has 7 nitrogen and oxygen atoms in total. The second-order valence-electron chi connectivity index (χ2n) is 6.99. The van der Waals surface area contributed by atoms with Crippen LogP contribution < -0.4 is 15.0 Å². The van der Waals surface area contributed by atoms with Crippen molar-refractivity contribution < 1.29 is 19.1 Å². The van der Waals surface area contributed by atoms with E-state index in [1.165, 1.54) is 24.3 Å². The molecule has 0 aliphatic carbocycles. The topological polar surface area (TPSA) is 80.6 Å². The van der Waals surface area contributed by atoms with Gasteiger partial charge in [-0.1, -0.05) is 23.2 Å². The van der Waals surface area contributed by atoms with E-state index in [0.717, 1.165) is 16.3 Å². The summed E-state index contributed by atoms with van der Waals surface area (Å²) < 4.78 is 7.08. The summed E-state index contributed by atoms with van der Waals surface area (Å²) in [4.78, 5) is 39.0. The summed E-state index contributed by atoms with van der Waals surface area (Å²) in [7, 11) is 1.58. The van der Waals surface area contributed by atoms with E-state index < -0.39 is 17.8 Å². The molecule has 1 aromatic heterocycles. The predicted molar refractivity (Wildman–Crippen MR) is 123 cm³/mol. The van der Waals surface area contributed by atoms with Gasteiger partial charge in [0.2, 0.25) is 0 Å². The minimum absolute atomic E-state index is 0.177. The van der Waals surface area contributed by atoms with E-state index in [2.05, 4.69) is 5.32 Å². The average molecular weight is 470 g/mol. The fourth-order valence-corrected chi connectivity index (χ4v) is 3.71. The molecule has 1 N–H and O–H groups in total. The summed E-state index contributed by atoms with van der Waals surface area (Å²) in [6, 6.07) is 14.5. The van der Waals surface area contributed by atoms with Gasteiger partial charge in [-0.2, -0.15) is 0 Å². The van der Waals surface area contributed by atoms with Gasteiger partial charge in [0.05, 0.1) is 22.8 Å². The molecule has 1 aliphatic heterocycles. The molecule has 32 heavy (non-hydrogen) atoms. The highest BCUT2D eigenvalue weighted by Crippen LogP contribution is 2.30. The first-order valence-corrected chi connectivity index (χ1v) is 10.2. The van der Waals surface area contributed by atoms with Gasteiger partial charge < -0.3 is 9.30 Å². The van der Waals surface area contributed by atoms with Crippen molar-refractivity contribution in [3.05, 3.63) is 81.6 Å². The highest BCUT2D eigenvalue weighted by molar-refractivity contribution is 6.43. The lowest BCUT2D eigenvalue weighted by Crippen LogP contribution is -2.54. The Balaban J connectivity index is 1.76. The van der Waals surface area contributed by atoms with Gasteiger partial charge in [0.25, 0.3) is 11.8 Å². The smallest absolute Gasteiger partial charge is 0.335 e. The van der Waals surface area contributed by atoms with Crippen LogP contribution in [0.1, 0.15) is 11.4 Å². The number of imide groups is 2. The van der Waals surface area contributed by atoms with Crippen LogP contribution in [0, 0.1) is 6.92 Å². The average Bonchev–Trinajstić information content (AvgIpc) is 3.13. The van der Waals surface area contributed by atoms with Crippen molar-refractivity contribution >= 4 is 52.8 Å². The number of hydrogen-bond donors (Lipinski definition) is 1. The number of carbonyl (C=O) groups excluding carboxylic acids is 3. The van der Waals surface area contributed by atoms with Gasteiger partial charge in [0.1, 0.15) is 11.3 Å². The van der Waals surface area contributed by atoms with Crippen LogP contribution in [-0.4, -0.2) is 29.5 Å². The van der Waals surface area contributed by atoms with Crippen molar-refractivity contribution in [2.24, 2.45) is 0 Å². The van der Waals surface area contributed by atoms with Gasteiger partial charge in [0.15, 0.2) is 0 Å². The number of anilines is 1. The van der Waals surface area contributed by atoms with Crippen molar-refractivity contribution in [3.8, 4) is 11.4 Å². The van der Waals surface area contributed by atoms with Gasteiger partial charge in [-0.25, -0.2) is 9.69 Å². The van der Waals surface area contributed by atoms with Crippen molar-refractivity contribution in [1.29, 1.82) is 0 Å². The van der Waals surface area contributed by atoms with Crippen LogP contribution in [-0.2, 0) is 9.59 Å². The number of barbiturate groups is 1. The van der Waals surface area contributed by atoms with Crippen LogP contribution in [0.3, 0.4) is 0 Å². The first-order valence-electron chi connectivity index (χ1n) is 9.49. The third kappa shape index (κ3) is 3.88. The van der Waals surface area contributed by atoms with Gasteiger partial charge in [-0.15, -0.1) is 0 Å². The molecular formula is C23H17Cl2N3O4. The molecule has 9 heteroatoms. The highest BCUT2D eigenvalue weighted by atomic mass is 35.5. The fourth-order valence-electron chi connectivity index (χ4n) is 3.42. The number of halogens is 2. The van der Waals surface area contributed by atoms with E-state index in [-0.39, 0.29) is 21.3 Å². The van der Waals surface area contributed by atoms with Gasteiger partial charge >= 0.3 is 6.03 Å².